The van der Waals surface area contributed by atoms with Crippen molar-refractivity contribution in [3.8, 4) is 0 Å². The maximum Gasteiger partial charge on any atom is 0.240 e. The van der Waals surface area contributed by atoms with Crippen molar-refractivity contribution in [2.24, 2.45) is 9.98 Å². The quantitative estimate of drug-likeness (QED) is 0.628. The number of hydrogen-bond donors (Lipinski definition) is 2. The minimum Gasteiger partial charge on any atom is -0.222 e. The first-order valence-electron chi connectivity index (χ1n) is 4.87. The Kier molecular flexibility index (Phi) is 11.6. The first kappa shape index (κ1) is 19.1. The van der Waals surface area contributed by atoms with Crippen LogP contribution in [-0.2, 0) is 19.2 Å². The fraction of sp³-hybridized carbons (Fsp3) is 0.167. The van der Waals surface area contributed by atoms with Gasteiger partial charge in [-0.3, -0.25) is 0 Å². The Hall–Kier alpha value is -3.26. The average Bonchev–Trinajstić information content (AvgIpc) is 2.36. The highest BCUT2D eigenvalue weighted by Crippen LogP contribution is 2.28. The van der Waals surface area contributed by atoms with Gasteiger partial charge in [-0.15, -0.1) is 0 Å². The number of carbonyl (C=O) groups excluding carboxylic acids is 4. The van der Waals surface area contributed by atoms with Crippen LogP contribution in [0, 0.1) is 24.7 Å². The van der Waals surface area contributed by atoms with Crippen molar-refractivity contribution in [2.75, 3.05) is 0 Å². The standard InChI is InChI=1S/C10H8N2O2.2CHNO/c1-7-3-9(11-5-13)4-8(2)10(7)12-6-14;2*2-1-3/h3-4H,1-2H3;2*2H. The van der Waals surface area contributed by atoms with Crippen LogP contribution in [0.2, 0.25) is 0 Å². The van der Waals surface area contributed by atoms with E-state index < -0.39 is 0 Å². The second-order valence-electron chi connectivity index (χ2n) is 3.04. The second kappa shape index (κ2) is 12.2. The van der Waals surface area contributed by atoms with Gasteiger partial charge in [-0.2, -0.15) is 9.98 Å². The van der Waals surface area contributed by atoms with E-state index in [0.717, 1.165) is 23.3 Å². The van der Waals surface area contributed by atoms with Gasteiger partial charge in [0.1, 0.15) is 0 Å². The van der Waals surface area contributed by atoms with E-state index in [1.54, 1.807) is 26.0 Å². The van der Waals surface area contributed by atoms with E-state index in [1.165, 1.54) is 12.2 Å². The van der Waals surface area contributed by atoms with Crippen molar-refractivity contribution in [3.05, 3.63) is 23.3 Å². The second-order valence-corrected chi connectivity index (χ2v) is 3.04. The van der Waals surface area contributed by atoms with Gasteiger partial charge in [0.2, 0.25) is 24.3 Å². The molecule has 0 aromatic heterocycles. The monoisotopic (exact) mass is 274 g/mol. The lowest BCUT2D eigenvalue weighted by molar-refractivity contribution is 0.562. The molecule has 2 N–H and O–H groups in total. The van der Waals surface area contributed by atoms with Gasteiger partial charge >= 0.3 is 0 Å². The fourth-order valence-corrected chi connectivity index (χ4v) is 1.27. The zero-order valence-electron chi connectivity index (χ0n) is 10.7. The van der Waals surface area contributed by atoms with Crippen LogP contribution in [0.5, 0.6) is 0 Å². The first-order valence-corrected chi connectivity index (χ1v) is 4.87. The molecule has 1 aromatic carbocycles. The molecule has 0 saturated carbocycles. The predicted molar refractivity (Wildman–Crippen MR) is 68.3 cm³/mol. The number of nitrogens with one attached hydrogen (secondary N) is 2. The first-order chi connectivity index (χ1) is 9.51. The highest BCUT2D eigenvalue weighted by atomic mass is 16.1. The molecule has 0 fully saturated rings. The van der Waals surface area contributed by atoms with E-state index in [4.69, 9.17) is 20.4 Å². The molecule has 102 valence electrons. The summed E-state index contributed by atoms with van der Waals surface area (Å²) in [5.74, 6) is 0. The summed E-state index contributed by atoms with van der Waals surface area (Å²) < 4.78 is 0. The normalized spacial score (nSPS) is 6.90. The Morgan fingerprint density at radius 1 is 0.850 bits per heavy atom. The molecular weight excluding hydrogens is 264 g/mol. The van der Waals surface area contributed by atoms with Crippen molar-refractivity contribution in [1.29, 1.82) is 10.8 Å². The molecule has 20 heavy (non-hydrogen) atoms. The molecular formula is C12H10N4O4. The highest BCUT2D eigenvalue weighted by Gasteiger charge is 2.03. The van der Waals surface area contributed by atoms with Crippen LogP contribution < -0.4 is 0 Å². The molecule has 8 heteroatoms. The van der Waals surface area contributed by atoms with Crippen molar-refractivity contribution in [1.82, 2.24) is 0 Å². The Morgan fingerprint density at radius 3 is 1.50 bits per heavy atom. The third-order valence-corrected chi connectivity index (χ3v) is 1.81. The Bertz CT molecular complexity index is 579. The van der Waals surface area contributed by atoms with Crippen molar-refractivity contribution in [2.45, 2.75) is 13.8 Å². The lowest BCUT2D eigenvalue weighted by atomic mass is 10.1. The van der Waals surface area contributed by atoms with Crippen LogP contribution in [0.1, 0.15) is 11.1 Å². The molecule has 0 bridgehead atoms. The molecule has 0 spiro atoms. The van der Waals surface area contributed by atoms with Crippen LogP contribution >= 0.6 is 0 Å². The van der Waals surface area contributed by atoms with Gasteiger partial charge < -0.3 is 0 Å². The Morgan fingerprint density at radius 2 is 1.20 bits per heavy atom. The van der Waals surface area contributed by atoms with Gasteiger partial charge in [-0.25, -0.2) is 30.0 Å². The SMILES string of the molecule is Cc1cc(N=C=O)cc(C)c1N=C=O.N=C=O.N=C=O. The lowest BCUT2D eigenvalue weighted by Crippen LogP contribution is -1.80. The summed E-state index contributed by atoms with van der Waals surface area (Å²) in [4.78, 5) is 43.9. The molecule has 0 amide bonds. The number of benzene rings is 1. The van der Waals surface area contributed by atoms with E-state index >= 15 is 0 Å². The van der Waals surface area contributed by atoms with Crippen LogP contribution in [-0.4, -0.2) is 24.3 Å². The van der Waals surface area contributed by atoms with Crippen molar-refractivity contribution >= 4 is 35.7 Å². The Labute approximate surface area is 113 Å². The van der Waals surface area contributed by atoms with E-state index in [0.29, 0.717) is 11.4 Å². The summed E-state index contributed by atoms with van der Waals surface area (Å²) in [7, 11) is 0. The van der Waals surface area contributed by atoms with Crippen LogP contribution in [0.3, 0.4) is 0 Å². The predicted octanol–water partition coefficient (Wildman–Crippen LogP) is 2.04. The number of isocyanates is 4. The average molecular weight is 274 g/mol. The number of nitrogens with zero attached hydrogens (tertiary/aromatic N) is 2. The summed E-state index contributed by atoms with van der Waals surface area (Å²) in [6.07, 6.45) is 4.44. The largest absolute Gasteiger partial charge is 0.240 e. The van der Waals surface area contributed by atoms with Gasteiger partial charge in [0, 0.05) is 0 Å². The zero-order valence-corrected chi connectivity index (χ0v) is 10.7. The van der Waals surface area contributed by atoms with Crippen LogP contribution in [0.15, 0.2) is 22.1 Å². The summed E-state index contributed by atoms with van der Waals surface area (Å²) in [6.45, 7) is 3.57. The zero-order chi connectivity index (χ0) is 16.0. The van der Waals surface area contributed by atoms with E-state index in [9.17, 15) is 9.59 Å². The number of aryl methyl sites for hydroxylation is 2. The molecule has 0 radical (unpaired) electrons. The minimum atomic E-state index is 0.514. The molecule has 1 aromatic rings. The van der Waals surface area contributed by atoms with Gasteiger partial charge in [0.05, 0.1) is 11.4 Å². The van der Waals surface area contributed by atoms with Crippen LogP contribution in [0.4, 0.5) is 11.4 Å². The van der Waals surface area contributed by atoms with E-state index in [2.05, 4.69) is 9.98 Å². The third-order valence-electron chi connectivity index (χ3n) is 1.81. The fourth-order valence-electron chi connectivity index (χ4n) is 1.27. The van der Waals surface area contributed by atoms with E-state index in [1.807, 2.05) is 0 Å². The molecule has 0 heterocycles. The summed E-state index contributed by atoms with van der Waals surface area (Å²) in [5, 5.41) is 10.8. The molecule has 8 nitrogen and oxygen atoms in total. The maximum absolute atomic E-state index is 10.1. The minimum absolute atomic E-state index is 0.514. The number of aliphatic imine (C=N–C) groups is 2. The maximum atomic E-state index is 10.1. The summed E-state index contributed by atoms with van der Waals surface area (Å²) in [5.41, 5.74) is 2.65. The molecule has 0 aliphatic heterocycles. The summed E-state index contributed by atoms with van der Waals surface area (Å²) >= 11 is 0. The summed E-state index contributed by atoms with van der Waals surface area (Å²) in [6, 6.07) is 3.32. The van der Waals surface area contributed by atoms with Crippen LogP contribution in [0.25, 0.3) is 0 Å². The van der Waals surface area contributed by atoms with Gasteiger partial charge in [0.15, 0.2) is 0 Å². The van der Waals surface area contributed by atoms with E-state index in [-0.39, 0.29) is 0 Å². The molecule has 0 saturated heterocycles. The van der Waals surface area contributed by atoms with Gasteiger partial charge in [-0.1, -0.05) is 0 Å². The molecule has 0 aliphatic rings. The van der Waals surface area contributed by atoms with Crippen molar-refractivity contribution in [3.63, 3.8) is 0 Å². The van der Waals surface area contributed by atoms with Gasteiger partial charge in [0.25, 0.3) is 0 Å². The topological polar surface area (TPSA) is 141 Å². The molecule has 0 aliphatic carbocycles. The number of rotatable bonds is 2. The smallest absolute Gasteiger partial charge is 0.222 e. The lowest BCUT2D eigenvalue weighted by Gasteiger charge is -2.03. The molecule has 0 atom stereocenters. The number of hydrogen-bond acceptors (Lipinski definition) is 8. The van der Waals surface area contributed by atoms with Crippen molar-refractivity contribution < 1.29 is 19.2 Å². The molecule has 0 unspecified atom stereocenters. The third kappa shape index (κ3) is 7.92. The Balaban J connectivity index is 0. The van der Waals surface area contributed by atoms with Gasteiger partial charge in [-0.05, 0) is 37.1 Å². The highest BCUT2D eigenvalue weighted by molar-refractivity contribution is 5.64. The molecule has 1 rings (SSSR count).